The first-order valence-corrected chi connectivity index (χ1v) is 2.63. The third-order valence-corrected chi connectivity index (χ3v) is 1.39. The van der Waals surface area contributed by atoms with Crippen molar-refractivity contribution in [3.63, 3.8) is 0 Å². The normalized spacial score (nSPS) is 10.9. The van der Waals surface area contributed by atoms with Crippen molar-refractivity contribution in [3.8, 4) is 0 Å². The molecule has 0 aliphatic rings. The summed E-state index contributed by atoms with van der Waals surface area (Å²) in [7, 11) is 0. The van der Waals surface area contributed by atoms with Gasteiger partial charge in [-0.1, -0.05) is 12.2 Å². The molecule has 1 heteroatoms. The number of rotatable bonds is 2. The number of allylic oxidation sites excluding steroid dienone is 1. The zero-order valence-electron chi connectivity index (χ0n) is 5.69. The van der Waals surface area contributed by atoms with E-state index >= 15 is 0 Å². The van der Waals surface area contributed by atoms with E-state index < -0.39 is 0 Å². The zero-order valence-corrected chi connectivity index (χ0v) is 5.69. The van der Waals surface area contributed by atoms with Gasteiger partial charge < -0.3 is 4.79 Å². The highest BCUT2D eigenvalue weighted by Gasteiger charge is 2.15. The van der Waals surface area contributed by atoms with Crippen LogP contribution in [0.15, 0.2) is 12.2 Å². The van der Waals surface area contributed by atoms with Gasteiger partial charge in [0.25, 0.3) is 0 Å². The highest BCUT2D eigenvalue weighted by Crippen LogP contribution is 2.19. The minimum Gasteiger partial charge on any atom is -0.302 e. The molecule has 0 amide bonds. The molecule has 46 valence electrons. The van der Waals surface area contributed by atoms with E-state index in [2.05, 4.69) is 6.58 Å². The zero-order chi connectivity index (χ0) is 6.78. The molecule has 0 bridgehead atoms. The molecule has 0 aliphatic carbocycles. The predicted molar refractivity (Wildman–Crippen MR) is 34.7 cm³/mol. The Hall–Kier alpha value is -0.590. The van der Waals surface area contributed by atoms with E-state index in [9.17, 15) is 4.79 Å². The van der Waals surface area contributed by atoms with Crippen molar-refractivity contribution >= 4 is 6.29 Å². The Morgan fingerprint density at radius 3 is 2.00 bits per heavy atom. The Morgan fingerprint density at radius 2 is 2.00 bits per heavy atom. The summed E-state index contributed by atoms with van der Waals surface area (Å²) >= 11 is 0. The Balaban J connectivity index is 4.12. The first kappa shape index (κ1) is 7.41. The lowest BCUT2D eigenvalue weighted by molar-refractivity contribution is -0.113. The highest BCUT2D eigenvalue weighted by atomic mass is 16.1. The van der Waals surface area contributed by atoms with Gasteiger partial charge in [0.05, 0.1) is 0 Å². The van der Waals surface area contributed by atoms with Crippen molar-refractivity contribution in [2.45, 2.75) is 20.8 Å². The highest BCUT2D eigenvalue weighted by molar-refractivity contribution is 5.62. The van der Waals surface area contributed by atoms with E-state index in [1.54, 1.807) is 0 Å². The van der Waals surface area contributed by atoms with Crippen LogP contribution in [0.3, 0.4) is 0 Å². The second-order valence-corrected chi connectivity index (χ2v) is 2.62. The minimum atomic E-state index is -0.333. The molecule has 8 heavy (non-hydrogen) atoms. The van der Waals surface area contributed by atoms with Crippen molar-refractivity contribution in [1.29, 1.82) is 0 Å². The maximum absolute atomic E-state index is 10.2. The standard InChI is InChI=1S/C7H12O/c1-6(2)7(3,4)5-8/h5H,1H2,2-4H3. The molecule has 0 fully saturated rings. The maximum Gasteiger partial charge on any atom is 0.129 e. The van der Waals surface area contributed by atoms with E-state index in [0.717, 1.165) is 11.9 Å². The molecule has 1 nitrogen and oxygen atoms in total. The number of carbonyl (C=O) groups is 1. The maximum atomic E-state index is 10.2. The molecule has 0 aromatic heterocycles. The average Bonchev–Trinajstić information content (AvgIpc) is 1.67. The van der Waals surface area contributed by atoms with Gasteiger partial charge in [-0.2, -0.15) is 0 Å². The van der Waals surface area contributed by atoms with Gasteiger partial charge in [-0.25, -0.2) is 0 Å². The summed E-state index contributed by atoms with van der Waals surface area (Å²) in [6, 6.07) is 0. The van der Waals surface area contributed by atoms with E-state index in [0.29, 0.717) is 0 Å². The molecule has 0 heterocycles. The van der Waals surface area contributed by atoms with Crippen molar-refractivity contribution in [2.24, 2.45) is 5.41 Å². The Kier molecular flexibility index (Phi) is 1.96. The van der Waals surface area contributed by atoms with Gasteiger partial charge in [0.1, 0.15) is 6.29 Å². The molecule has 0 saturated carbocycles. The van der Waals surface area contributed by atoms with Gasteiger partial charge in [0, 0.05) is 5.41 Å². The Labute approximate surface area is 50.4 Å². The molecule has 0 spiro atoms. The minimum absolute atomic E-state index is 0.333. The molecule has 0 N–H and O–H groups in total. The second kappa shape index (κ2) is 2.12. The van der Waals surface area contributed by atoms with Crippen LogP contribution in [0.4, 0.5) is 0 Å². The largest absolute Gasteiger partial charge is 0.302 e. The van der Waals surface area contributed by atoms with Crippen LogP contribution < -0.4 is 0 Å². The van der Waals surface area contributed by atoms with Crippen molar-refractivity contribution in [1.82, 2.24) is 0 Å². The molecular weight excluding hydrogens is 100 g/mol. The molecular formula is C7H12O. The molecule has 0 atom stereocenters. The van der Waals surface area contributed by atoms with Crippen molar-refractivity contribution < 1.29 is 4.79 Å². The van der Waals surface area contributed by atoms with E-state index in [-0.39, 0.29) is 5.41 Å². The van der Waals surface area contributed by atoms with E-state index in [4.69, 9.17) is 0 Å². The van der Waals surface area contributed by atoms with Crippen LogP contribution in [0.25, 0.3) is 0 Å². The fourth-order valence-electron chi connectivity index (χ4n) is 0.101. The lowest BCUT2D eigenvalue weighted by Crippen LogP contribution is -2.12. The molecule has 0 aliphatic heterocycles. The van der Waals surface area contributed by atoms with Gasteiger partial charge in [0.15, 0.2) is 0 Å². The summed E-state index contributed by atoms with van der Waals surface area (Å²) < 4.78 is 0. The summed E-state index contributed by atoms with van der Waals surface area (Å²) in [6.07, 6.45) is 0.912. The van der Waals surface area contributed by atoms with Gasteiger partial charge in [0.2, 0.25) is 0 Å². The van der Waals surface area contributed by atoms with Crippen LogP contribution in [-0.2, 0) is 4.79 Å². The predicted octanol–water partition coefficient (Wildman–Crippen LogP) is 1.79. The lowest BCUT2D eigenvalue weighted by atomic mass is 9.88. The quantitative estimate of drug-likeness (QED) is 0.393. The number of carbonyl (C=O) groups excluding carboxylic acids is 1. The third kappa shape index (κ3) is 1.49. The first-order valence-electron chi connectivity index (χ1n) is 2.63. The number of aldehydes is 1. The van der Waals surface area contributed by atoms with E-state index in [1.807, 2.05) is 20.8 Å². The summed E-state index contributed by atoms with van der Waals surface area (Å²) in [5, 5.41) is 0. The topological polar surface area (TPSA) is 17.1 Å². The van der Waals surface area contributed by atoms with Gasteiger partial charge in [-0.3, -0.25) is 0 Å². The molecule has 0 aromatic rings. The van der Waals surface area contributed by atoms with Gasteiger partial charge in [-0.05, 0) is 20.8 Å². The summed E-state index contributed by atoms with van der Waals surface area (Å²) in [5.41, 5.74) is 0.576. The average molecular weight is 112 g/mol. The van der Waals surface area contributed by atoms with Crippen LogP contribution in [-0.4, -0.2) is 6.29 Å². The molecule has 0 aromatic carbocycles. The van der Waals surface area contributed by atoms with Crippen LogP contribution in [0.2, 0.25) is 0 Å². The van der Waals surface area contributed by atoms with Crippen molar-refractivity contribution in [3.05, 3.63) is 12.2 Å². The van der Waals surface area contributed by atoms with E-state index in [1.165, 1.54) is 0 Å². The fourth-order valence-corrected chi connectivity index (χ4v) is 0.101. The molecule has 0 unspecified atom stereocenters. The smallest absolute Gasteiger partial charge is 0.129 e. The Bertz CT molecular complexity index is 112. The van der Waals surface area contributed by atoms with Crippen LogP contribution in [0.5, 0.6) is 0 Å². The summed E-state index contributed by atoms with van der Waals surface area (Å²) in [5.74, 6) is 0. The summed E-state index contributed by atoms with van der Waals surface area (Å²) in [4.78, 5) is 10.2. The Morgan fingerprint density at radius 1 is 1.62 bits per heavy atom. The molecule has 0 saturated heterocycles. The van der Waals surface area contributed by atoms with Gasteiger partial charge >= 0.3 is 0 Å². The SMILES string of the molecule is C=C(C)C(C)(C)C=O. The molecule has 0 rings (SSSR count). The number of hydrogen-bond acceptors (Lipinski definition) is 1. The van der Waals surface area contributed by atoms with Crippen LogP contribution in [0, 0.1) is 5.41 Å². The second-order valence-electron chi connectivity index (χ2n) is 2.62. The van der Waals surface area contributed by atoms with Crippen LogP contribution in [0.1, 0.15) is 20.8 Å². The fraction of sp³-hybridized carbons (Fsp3) is 0.571. The van der Waals surface area contributed by atoms with Crippen molar-refractivity contribution in [2.75, 3.05) is 0 Å². The number of hydrogen-bond donors (Lipinski definition) is 0. The first-order chi connectivity index (χ1) is 3.50. The monoisotopic (exact) mass is 112 g/mol. The summed E-state index contributed by atoms with van der Waals surface area (Å²) in [6.45, 7) is 9.22. The van der Waals surface area contributed by atoms with Gasteiger partial charge in [-0.15, -0.1) is 0 Å². The van der Waals surface area contributed by atoms with Crippen LogP contribution >= 0.6 is 0 Å². The molecule has 0 radical (unpaired) electrons. The third-order valence-electron chi connectivity index (χ3n) is 1.39. The lowest BCUT2D eigenvalue weighted by Gasteiger charge is -2.15.